The lowest BCUT2D eigenvalue weighted by atomic mass is 10.1. The lowest BCUT2D eigenvalue weighted by Crippen LogP contribution is -2.03. The molecule has 1 fully saturated rings. The van der Waals surface area contributed by atoms with Gasteiger partial charge in [0, 0.05) is 18.2 Å². The maximum Gasteiger partial charge on any atom is 0.191 e. The molecule has 144 valence electrons. The first kappa shape index (κ1) is 18.2. The van der Waals surface area contributed by atoms with Gasteiger partial charge in [-0.15, -0.1) is 16.8 Å². The monoisotopic (exact) mass is 397 g/mol. The summed E-state index contributed by atoms with van der Waals surface area (Å²) in [4.78, 5) is 0. The molecule has 1 aliphatic rings. The van der Waals surface area contributed by atoms with Crippen molar-refractivity contribution in [3.63, 3.8) is 0 Å². The van der Waals surface area contributed by atoms with Gasteiger partial charge in [-0.1, -0.05) is 90.6 Å². The van der Waals surface area contributed by atoms with Crippen LogP contribution in [0, 0.1) is 0 Å². The van der Waals surface area contributed by atoms with Gasteiger partial charge in [-0.05, 0) is 34.2 Å². The number of nitrogens with zero attached hydrogens (tertiary/aromatic N) is 3. The fourth-order valence-electron chi connectivity index (χ4n) is 4.09. The van der Waals surface area contributed by atoms with E-state index in [4.69, 9.17) is 0 Å². The highest BCUT2D eigenvalue weighted by Gasteiger charge is 2.43. The molecule has 0 N–H and O–H groups in total. The van der Waals surface area contributed by atoms with E-state index in [9.17, 15) is 0 Å². The number of hydrogen-bond acceptors (Lipinski definition) is 3. The Morgan fingerprint density at radius 2 is 1.72 bits per heavy atom. The fraction of sp³-hybridized carbons (Fsp3) is 0.200. The largest absolute Gasteiger partial charge is 0.302 e. The number of fused-ring (bicyclic) bond motifs is 1. The van der Waals surface area contributed by atoms with Crippen molar-refractivity contribution in [1.82, 2.24) is 14.8 Å². The Morgan fingerprint density at radius 3 is 2.59 bits per heavy atom. The maximum atomic E-state index is 4.59. The first-order valence-electron chi connectivity index (χ1n) is 10.0. The molecule has 0 bridgehead atoms. The number of hydrogen-bond donors (Lipinski definition) is 0. The average molecular weight is 398 g/mol. The number of thioether (sulfide) groups is 1. The van der Waals surface area contributed by atoms with Gasteiger partial charge in [0.15, 0.2) is 5.16 Å². The van der Waals surface area contributed by atoms with E-state index < -0.39 is 0 Å². The maximum absolute atomic E-state index is 4.59. The standard InChI is InChI=1S/C25H23N3S/c1-2-15-28-24(23-16-22(23)19-9-4-3-5-10-19)26-27-25(28)29-17-20-13-8-12-18-11-6-7-14-21(18)20/h2-14,22-23H,1,15-17H2. The predicted octanol–water partition coefficient (Wildman–Crippen LogP) is 6.18. The molecule has 1 aliphatic carbocycles. The molecule has 4 aromatic rings. The van der Waals surface area contributed by atoms with Crippen molar-refractivity contribution in [1.29, 1.82) is 0 Å². The Kier molecular flexibility index (Phi) is 4.94. The minimum atomic E-state index is 0.455. The molecule has 0 aliphatic heterocycles. The summed E-state index contributed by atoms with van der Waals surface area (Å²) in [5.74, 6) is 2.99. The molecule has 2 atom stereocenters. The third-order valence-electron chi connectivity index (χ3n) is 5.64. The third kappa shape index (κ3) is 3.60. The van der Waals surface area contributed by atoms with Gasteiger partial charge in [-0.2, -0.15) is 0 Å². The molecule has 1 aromatic heterocycles. The van der Waals surface area contributed by atoms with Crippen molar-refractivity contribution >= 4 is 22.5 Å². The second-order valence-corrected chi connectivity index (χ2v) is 8.47. The van der Waals surface area contributed by atoms with Gasteiger partial charge >= 0.3 is 0 Å². The summed E-state index contributed by atoms with van der Waals surface area (Å²) < 4.78 is 2.25. The van der Waals surface area contributed by atoms with E-state index in [1.54, 1.807) is 11.8 Å². The quantitative estimate of drug-likeness (QED) is 0.275. The number of benzene rings is 3. The topological polar surface area (TPSA) is 30.7 Å². The minimum Gasteiger partial charge on any atom is -0.302 e. The van der Waals surface area contributed by atoms with E-state index in [0.717, 1.165) is 29.7 Å². The first-order chi connectivity index (χ1) is 14.3. The summed E-state index contributed by atoms with van der Waals surface area (Å²) in [6, 6.07) is 25.8. The van der Waals surface area contributed by atoms with Crippen molar-refractivity contribution in [2.75, 3.05) is 0 Å². The molecule has 3 aromatic carbocycles. The van der Waals surface area contributed by atoms with Crippen LogP contribution in [0.5, 0.6) is 0 Å². The van der Waals surface area contributed by atoms with E-state index >= 15 is 0 Å². The van der Waals surface area contributed by atoms with Gasteiger partial charge in [-0.3, -0.25) is 0 Å². The van der Waals surface area contributed by atoms with Crippen LogP contribution in [0.1, 0.15) is 35.2 Å². The summed E-state index contributed by atoms with van der Waals surface area (Å²) in [5, 5.41) is 12.7. The SMILES string of the molecule is C=CCn1c(SCc2cccc3ccccc23)nnc1C1CC1c1ccccc1. The number of allylic oxidation sites excluding steroid dienone is 1. The van der Waals surface area contributed by atoms with E-state index in [-0.39, 0.29) is 0 Å². The summed E-state index contributed by atoms with van der Waals surface area (Å²) in [6.07, 6.45) is 3.09. The van der Waals surface area contributed by atoms with Crippen LogP contribution in [-0.4, -0.2) is 14.8 Å². The summed E-state index contributed by atoms with van der Waals surface area (Å²) in [7, 11) is 0. The van der Waals surface area contributed by atoms with Crippen LogP contribution in [-0.2, 0) is 12.3 Å². The third-order valence-corrected chi connectivity index (χ3v) is 6.66. The molecule has 0 radical (unpaired) electrons. The summed E-state index contributed by atoms with van der Waals surface area (Å²) in [5.41, 5.74) is 2.73. The van der Waals surface area contributed by atoms with Crippen molar-refractivity contribution < 1.29 is 0 Å². The molecule has 4 heteroatoms. The zero-order valence-corrected chi connectivity index (χ0v) is 17.1. The second-order valence-electron chi connectivity index (χ2n) is 7.53. The highest BCUT2D eigenvalue weighted by Crippen LogP contribution is 2.54. The zero-order valence-electron chi connectivity index (χ0n) is 16.2. The van der Waals surface area contributed by atoms with Gasteiger partial charge in [0.25, 0.3) is 0 Å². The van der Waals surface area contributed by atoms with Crippen LogP contribution < -0.4 is 0 Å². The van der Waals surface area contributed by atoms with E-state index in [1.165, 1.54) is 21.9 Å². The Bertz CT molecular complexity index is 1140. The lowest BCUT2D eigenvalue weighted by Gasteiger charge is -2.09. The molecular formula is C25H23N3S. The highest BCUT2D eigenvalue weighted by atomic mass is 32.2. The van der Waals surface area contributed by atoms with E-state index in [1.807, 2.05) is 6.08 Å². The Morgan fingerprint density at radius 1 is 0.931 bits per heavy atom. The average Bonchev–Trinajstić information content (AvgIpc) is 3.47. The van der Waals surface area contributed by atoms with Gasteiger partial charge in [0.2, 0.25) is 0 Å². The lowest BCUT2D eigenvalue weighted by molar-refractivity contribution is 0.677. The van der Waals surface area contributed by atoms with Crippen LogP contribution >= 0.6 is 11.8 Å². The molecule has 3 nitrogen and oxygen atoms in total. The number of aromatic nitrogens is 3. The molecular weight excluding hydrogens is 374 g/mol. The summed E-state index contributed by atoms with van der Waals surface area (Å²) in [6.45, 7) is 4.70. The molecule has 0 saturated heterocycles. The van der Waals surface area contributed by atoms with Gasteiger partial charge in [-0.25, -0.2) is 0 Å². The smallest absolute Gasteiger partial charge is 0.191 e. The fourth-order valence-corrected chi connectivity index (χ4v) is 5.05. The molecule has 1 heterocycles. The Hall–Kier alpha value is -2.85. The van der Waals surface area contributed by atoms with Crippen molar-refractivity contribution in [2.24, 2.45) is 0 Å². The van der Waals surface area contributed by atoms with Crippen LogP contribution in [0.2, 0.25) is 0 Å². The first-order valence-corrected chi connectivity index (χ1v) is 11.0. The summed E-state index contributed by atoms with van der Waals surface area (Å²) >= 11 is 1.76. The molecule has 2 unspecified atom stereocenters. The zero-order chi connectivity index (χ0) is 19.6. The van der Waals surface area contributed by atoms with Gasteiger partial charge in [0.1, 0.15) is 5.82 Å². The Balaban J connectivity index is 1.38. The van der Waals surface area contributed by atoms with Crippen molar-refractivity contribution in [3.8, 4) is 0 Å². The molecule has 29 heavy (non-hydrogen) atoms. The molecule has 0 spiro atoms. The minimum absolute atomic E-state index is 0.455. The van der Waals surface area contributed by atoms with Gasteiger partial charge in [0.05, 0.1) is 0 Å². The molecule has 1 saturated carbocycles. The van der Waals surface area contributed by atoms with Crippen molar-refractivity contribution in [2.45, 2.75) is 35.7 Å². The van der Waals surface area contributed by atoms with Crippen molar-refractivity contribution in [3.05, 3.63) is 102 Å². The van der Waals surface area contributed by atoms with E-state index in [0.29, 0.717) is 11.8 Å². The van der Waals surface area contributed by atoms with Crippen LogP contribution in [0.3, 0.4) is 0 Å². The van der Waals surface area contributed by atoms with Crippen LogP contribution in [0.25, 0.3) is 10.8 Å². The van der Waals surface area contributed by atoms with Crippen LogP contribution in [0.4, 0.5) is 0 Å². The Labute approximate surface area is 175 Å². The molecule has 5 rings (SSSR count). The van der Waals surface area contributed by atoms with Gasteiger partial charge < -0.3 is 4.57 Å². The predicted molar refractivity (Wildman–Crippen MR) is 120 cm³/mol. The highest BCUT2D eigenvalue weighted by molar-refractivity contribution is 7.98. The molecule has 0 amide bonds. The second kappa shape index (κ2) is 7.88. The number of rotatable bonds is 7. The van der Waals surface area contributed by atoms with Crippen LogP contribution in [0.15, 0.2) is 90.6 Å². The normalized spacial score (nSPS) is 18.1. The van der Waals surface area contributed by atoms with E-state index in [2.05, 4.69) is 94.1 Å².